The van der Waals surface area contributed by atoms with E-state index in [1.54, 1.807) is 0 Å². The van der Waals surface area contributed by atoms with Crippen LogP contribution in [-0.2, 0) is 0 Å². The van der Waals surface area contributed by atoms with E-state index in [0.717, 1.165) is 6.04 Å². The second-order valence-electron chi connectivity index (χ2n) is 5.86. The van der Waals surface area contributed by atoms with Crippen molar-refractivity contribution < 1.29 is 0 Å². The van der Waals surface area contributed by atoms with Gasteiger partial charge >= 0.3 is 0 Å². The lowest BCUT2D eigenvalue weighted by molar-refractivity contribution is 0.0502. The minimum Gasteiger partial charge on any atom is -0.314 e. The average molecular weight is 338 g/mol. The molecule has 2 aliphatic rings. The minimum absolute atomic E-state index is 0.574. The van der Waals surface area contributed by atoms with Crippen molar-refractivity contribution in [3.8, 4) is 0 Å². The van der Waals surface area contributed by atoms with Crippen molar-refractivity contribution >= 4 is 15.9 Å². The number of rotatable bonds is 4. The van der Waals surface area contributed by atoms with Crippen molar-refractivity contribution in [1.29, 1.82) is 0 Å². The molecule has 1 aromatic carbocycles. The molecule has 1 atom stereocenters. The maximum Gasteiger partial charge on any atom is 0.0346 e. The molecule has 3 rings (SSSR count). The van der Waals surface area contributed by atoms with Crippen LogP contribution in [0.5, 0.6) is 0 Å². The van der Waals surface area contributed by atoms with Crippen LogP contribution in [0.2, 0.25) is 0 Å². The van der Waals surface area contributed by atoms with Crippen molar-refractivity contribution in [2.75, 3.05) is 39.3 Å². The number of halogens is 1. The zero-order valence-corrected chi connectivity index (χ0v) is 13.8. The molecule has 0 amide bonds. The smallest absolute Gasteiger partial charge is 0.0346 e. The van der Waals surface area contributed by atoms with Gasteiger partial charge < -0.3 is 5.32 Å². The molecule has 0 aromatic heterocycles. The number of piperazine rings is 1. The van der Waals surface area contributed by atoms with E-state index >= 15 is 0 Å². The number of hydrogen-bond acceptors (Lipinski definition) is 3. The third-order valence-electron chi connectivity index (χ3n) is 4.71. The highest BCUT2D eigenvalue weighted by atomic mass is 79.9. The van der Waals surface area contributed by atoms with Gasteiger partial charge in [-0.25, -0.2) is 0 Å². The van der Waals surface area contributed by atoms with Gasteiger partial charge in [0.05, 0.1) is 0 Å². The van der Waals surface area contributed by atoms with Crippen LogP contribution in [0.4, 0.5) is 0 Å². The Labute approximate surface area is 130 Å². The average Bonchev–Trinajstić information content (AvgIpc) is 2.42. The lowest BCUT2D eigenvalue weighted by Gasteiger charge is -2.45. The summed E-state index contributed by atoms with van der Waals surface area (Å²) < 4.78 is 1.17. The highest BCUT2D eigenvalue weighted by molar-refractivity contribution is 9.10. The van der Waals surface area contributed by atoms with Gasteiger partial charge in [0, 0.05) is 55.8 Å². The van der Waals surface area contributed by atoms with Crippen LogP contribution in [0.15, 0.2) is 28.7 Å². The molecule has 2 fully saturated rings. The molecule has 0 aliphatic carbocycles. The van der Waals surface area contributed by atoms with E-state index in [0.29, 0.717) is 6.04 Å². The lowest BCUT2D eigenvalue weighted by atomic mass is 10.0. The fourth-order valence-corrected chi connectivity index (χ4v) is 3.60. The molecule has 110 valence electrons. The van der Waals surface area contributed by atoms with Gasteiger partial charge in [-0.2, -0.15) is 0 Å². The number of hydrogen-bond donors (Lipinski definition) is 1. The van der Waals surface area contributed by atoms with E-state index in [2.05, 4.69) is 62.2 Å². The molecule has 1 N–H and O–H groups in total. The van der Waals surface area contributed by atoms with Crippen LogP contribution in [0, 0.1) is 0 Å². The third-order valence-corrected chi connectivity index (χ3v) is 5.24. The minimum atomic E-state index is 0.574. The van der Waals surface area contributed by atoms with Crippen molar-refractivity contribution in [3.05, 3.63) is 34.3 Å². The molecular weight excluding hydrogens is 314 g/mol. The summed E-state index contributed by atoms with van der Waals surface area (Å²) in [5, 5.41) is 3.38. The van der Waals surface area contributed by atoms with Crippen molar-refractivity contribution in [2.45, 2.75) is 25.4 Å². The topological polar surface area (TPSA) is 18.5 Å². The quantitative estimate of drug-likeness (QED) is 0.910. The highest BCUT2D eigenvalue weighted by Gasteiger charge is 2.29. The predicted octanol–water partition coefficient (Wildman–Crippen LogP) is 2.49. The summed E-state index contributed by atoms with van der Waals surface area (Å²) in [6, 6.07) is 10.2. The Bertz CT molecular complexity index is 422. The summed E-state index contributed by atoms with van der Waals surface area (Å²) in [5.74, 6) is 0. The first-order chi connectivity index (χ1) is 9.78. The lowest BCUT2D eigenvalue weighted by Crippen LogP contribution is -2.61. The predicted molar refractivity (Wildman–Crippen MR) is 87.0 cm³/mol. The van der Waals surface area contributed by atoms with E-state index in [1.807, 2.05) is 0 Å². The first-order valence-electron chi connectivity index (χ1n) is 7.72. The summed E-state index contributed by atoms with van der Waals surface area (Å²) in [7, 11) is 0. The first-order valence-corrected chi connectivity index (χ1v) is 8.51. The van der Waals surface area contributed by atoms with Gasteiger partial charge in [0.25, 0.3) is 0 Å². The van der Waals surface area contributed by atoms with Crippen molar-refractivity contribution in [1.82, 2.24) is 15.1 Å². The van der Waals surface area contributed by atoms with Gasteiger partial charge in [0.15, 0.2) is 0 Å². The molecule has 2 aliphatic heterocycles. The molecule has 3 nitrogen and oxygen atoms in total. The molecular formula is C16H24BrN3. The van der Waals surface area contributed by atoms with Gasteiger partial charge in [-0.1, -0.05) is 35.0 Å². The first kappa shape index (κ1) is 14.5. The molecule has 1 unspecified atom stereocenters. The maximum atomic E-state index is 3.52. The third kappa shape index (κ3) is 3.08. The van der Waals surface area contributed by atoms with Crippen molar-refractivity contribution in [2.24, 2.45) is 0 Å². The zero-order chi connectivity index (χ0) is 13.9. The second kappa shape index (κ2) is 6.56. The Hall–Kier alpha value is -0.420. The maximum absolute atomic E-state index is 3.52. The monoisotopic (exact) mass is 337 g/mol. The highest BCUT2D eigenvalue weighted by Crippen LogP contribution is 2.27. The largest absolute Gasteiger partial charge is 0.314 e. The summed E-state index contributed by atoms with van der Waals surface area (Å²) in [6.45, 7) is 9.51. The second-order valence-corrected chi connectivity index (χ2v) is 6.78. The van der Waals surface area contributed by atoms with E-state index in [9.17, 15) is 0 Å². The number of benzene rings is 1. The number of nitrogens with zero attached hydrogens (tertiary/aromatic N) is 2. The van der Waals surface area contributed by atoms with E-state index in [4.69, 9.17) is 0 Å². The molecule has 20 heavy (non-hydrogen) atoms. The van der Waals surface area contributed by atoms with Crippen LogP contribution in [0.3, 0.4) is 0 Å². The van der Waals surface area contributed by atoms with E-state index < -0.39 is 0 Å². The summed E-state index contributed by atoms with van der Waals surface area (Å²) in [5.41, 5.74) is 1.45. The van der Waals surface area contributed by atoms with Crippen LogP contribution in [-0.4, -0.2) is 55.1 Å². The molecule has 1 aromatic rings. The fraction of sp³-hybridized carbons (Fsp3) is 0.625. The molecule has 0 radical (unpaired) electrons. The van der Waals surface area contributed by atoms with E-state index in [-0.39, 0.29) is 0 Å². The standard InChI is InChI=1S/C16H24BrN3/c1-2-16(13-3-5-14(17)6-4-13)20-9-7-19(8-10-20)15-11-18-12-15/h3-6,15-16,18H,2,7-12H2,1H3. The van der Waals surface area contributed by atoms with Crippen molar-refractivity contribution in [3.63, 3.8) is 0 Å². The molecule has 4 heteroatoms. The van der Waals surface area contributed by atoms with E-state index in [1.165, 1.54) is 55.7 Å². The summed E-state index contributed by atoms with van der Waals surface area (Å²) in [6.07, 6.45) is 1.19. The molecule has 2 heterocycles. The molecule has 2 saturated heterocycles. The van der Waals surface area contributed by atoms with Gasteiger partial charge in [-0.05, 0) is 24.1 Å². The summed E-state index contributed by atoms with van der Waals surface area (Å²) >= 11 is 3.52. The van der Waals surface area contributed by atoms with Crippen LogP contribution < -0.4 is 5.32 Å². The van der Waals surface area contributed by atoms with Gasteiger partial charge in [-0.3, -0.25) is 9.80 Å². The van der Waals surface area contributed by atoms with Gasteiger partial charge in [0.1, 0.15) is 0 Å². The summed E-state index contributed by atoms with van der Waals surface area (Å²) in [4.78, 5) is 5.31. The normalized spacial score (nSPS) is 23.5. The van der Waals surface area contributed by atoms with Crippen LogP contribution in [0.1, 0.15) is 24.9 Å². The van der Waals surface area contributed by atoms with Crippen LogP contribution in [0.25, 0.3) is 0 Å². The fourth-order valence-electron chi connectivity index (χ4n) is 3.34. The Morgan fingerprint density at radius 3 is 2.30 bits per heavy atom. The SMILES string of the molecule is CCC(c1ccc(Br)cc1)N1CCN(C2CNC2)CC1. The molecule has 0 saturated carbocycles. The van der Waals surface area contributed by atoms with Gasteiger partial charge in [0.2, 0.25) is 0 Å². The Morgan fingerprint density at radius 2 is 1.80 bits per heavy atom. The molecule has 0 spiro atoms. The van der Waals surface area contributed by atoms with Crippen LogP contribution >= 0.6 is 15.9 Å². The Morgan fingerprint density at radius 1 is 1.15 bits per heavy atom. The molecule has 0 bridgehead atoms. The Kier molecular flexibility index (Phi) is 4.76. The number of nitrogens with one attached hydrogen (secondary N) is 1. The Balaban J connectivity index is 1.61. The zero-order valence-electron chi connectivity index (χ0n) is 12.2. The van der Waals surface area contributed by atoms with Gasteiger partial charge in [-0.15, -0.1) is 0 Å².